The summed E-state index contributed by atoms with van der Waals surface area (Å²) in [7, 11) is 0. The molecule has 30 heavy (non-hydrogen) atoms. The van der Waals surface area contributed by atoms with Gasteiger partial charge in [0.25, 0.3) is 0 Å². The normalized spacial score (nSPS) is 14.9. The Bertz CT molecular complexity index is 868. The van der Waals surface area contributed by atoms with Gasteiger partial charge in [-0.2, -0.15) is 4.68 Å². The standard InChI is InChI=1S/C17H19F3N6O3S/c18-17(19,20)29-13-8-6-12(7-9-13)26-16(23-24-25-26)30-10-14(27)22-15(28)21-11-4-2-1-3-5-11/h6-9,11H,1-5,10H2,(H2,21,22,27,28). The highest BCUT2D eigenvalue weighted by molar-refractivity contribution is 7.99. The van der Waals surface area contributed by atoms with Gasteiger partial charge in [-0.25, -0.2) is 4.79 Å². The van der Waals surface area contributed by atoms with Gasteiger partial charge in [0, 0.05) is 6.04 Å². The second-order valence-corrected chi connectivity index (χ2v) is 7.50. The molecule has 0 radical (unpaired) electrons. The lowest BCUT2D eigenvalue weighted by Crippen LogP contribution is -2.45. The lowest BCUT2D eigenvalue weighted by molar-refractivity contribution is -0.274. The number of thioether (sulfide) groups is 1. The Kier molecular flexibility index (Phi) is 7.13. The molecule has 1 aromatic heterocycles. The highest BCUT2D eigenvalue weighted by Gasteiger charge is 2.31. The molecule has 0 atom stereocenters. The molecule has 1 heterocycles. The van der Waals surface area contributed by atoms with E-state index in [-0.39, 0.29) is 22.7 Å². The number of urea groups is 1. The van der Waals surface area contributed by atoms with E-state index in [4.69, 9.17) is 0 Å². The van der Waals surface area contributed by atoms with Gasteiger partial charge in [-0.3, -0.25) is 10.1 Å². The molecule has 0 aliphatic heterocycles. The number of imide groups is 1. The van der Waals surface area contributed by atoms with Crippen molar-refractivity contribution in [3.05, 3.63) is 24.3 Å². The van der Waals surface area contributed by atoms with Crippen LogP contribution in [0.4, 0.5) is 18.0 Å². The van der Waals surface area contributed by atoms with Crippen LogP contribution in [0.2, 0.25) is 0 Å². The zero-order valence-corrected chi connectivity index (χ0v) is 16.5. The third-order valence-electron chi connectivity index (χ3n) is 4.28. The number of benzene rings is 1. The molecule has 1 aromatic carbocycles. The summed E-state index contributed by atoms with van der Waals surface area (Å²) < 4.78 is 41.8. The minimum absolute atomic E-state index is 0.0794. The highest BCUT2D eigenvalue weighted by Crippen LogP contribution is 2.25. The minimum atomic E-state index is -4.78. The van der Waals surface area contributed by atoms with Crippen molar-refractivity contribution in [1.82, 2.24) is 30.8 Å². The number of tetrazole rings is 1. The molecule has 162 valence electrons. The second-order valence-electron chi connectivity index (χ2n) is 6.56. The van der Waals surface area contributed by atoms with E-state index in [0.29, 0.717) is 5.69 Å². The Balaban J connectivity index is 1.51. The Morgan fingerprint density at radius 1 is 1.17 bits per heavy atom. The maximum atomic E-state index is 12.2. The number of carbonyl (C=O) groups is 2. The van der Waals surface area contributed by atoms with Crippen molar-refractivity contribution in [2.75, 3.05) is 5.75 Å². The van der Waals surface area contributed by atoms with E-state index in [1.165, 1.54) is 16.8 Å². The molecule has 9 nitrogen and oxygen atoms in total. The first-order valence-corrected chi connectivity index (χ1v) is 10.2. The van der Waals surface area contributed by atoms with Crippen molar-refractivity contribution in [2.24, 2.45) is 0 Å². The zero-order valence-electron chi connectivity index (χ0n) is 15.7. The zero-order chi connectivity index (χ0) is 21.6. The van der Waals surface area contributed by atoms with E-state index >= 15 is 0 Å². The maximum Gasteiger partial charge on any atom is 0.573 e. The van der Waals surface area contributed by atoms with E-state index < -0.39 is 18.3 Å². The molecule has 2 aromatic rings. The predicted molar refractivity (Wildman–Crippen MR) is 100 cm³/mol. The van der Waals surface area contributed by atoms with Gasteiger partial charge in [-0.15, -0.1) is 18.3 Å². The van der Waals surface area contributed by atoms with Crippen LogP contribution in [-0.4, -0.2) is 50.3 Å². The van der Waals surface area contributed by atoms with Crippen molar-refractivity contribution >= 4 is 23.7 Å². The average Bonchev–Trinajstić information content (AvgIpc) is 3.15. The van der Waals surface area contributed by atoms with Crippen LogP contribution in [0.15, 0.2) is 29.4 Å². The summed E-state index contributed by atoms with van der Waals surface area (Å²) in [6, 6.07) is 4.49. The summed E-state index contributed by atoms with van der Waals surface area (Å²) in [6.07, 6.45) is 0.285. The Morgan fingerprint density at radius 3 is 2.53 bits per heavy atom. The number of rotatable bonds is 6. The van der Waals surface area contributed by atoms with Gasteiger partial charge >= 0.3 is 12.4 Å². The van der Waals surface area contributed by atoms with E-state index in [2.05, 4.69) is 30.9 Å². The SMILES string of the molecule is O=C(CSc1nnnn1-c1ccc(OC(F)(F)F)cc1)NC(=O)NC1CCCCC1. The van der Waals surface area contributed by atoms with Crippen molar-refractivity contribution < 1.29 is 27.5 Å². The lowest BCUT2D eigenvalue weighted by Gasteiger charge is -2.22. The predicted octanol–water partition coefficient (Wildman–Crippen LogP) is 2.81. The third-order valence-corrected chi connectivity index (χ3v) is 5.20. The van der Waals surface area contributed by atoms with Crippen LogP contribution < -0.4 is 15.4 Å². The molecule has 0 saturated heterocycles. The number of alkyl halides is 3. The summed E-state index contributed by atoms with van der Waals surface area (Å²) in [5, 5.41) is 16.4. The van der Waals surface area contributed by atoms with Crippen molar-refractivity contribution in [2.45, 2.75) is 49.7 Å². The number of nitrogens with zero attached hydrogens (tertiary/aromatic N) is 4. The minimum Gasteiger partial charge on any atom is -0.406 e. The van der Waals surface area contributed by atoms with Gasteiger partial charge in [0.15, 0.2) is 0 Å². The number of hydrogen-bond donors (Lipinski definition) is 2. The Hall–Kier alpha value is -2.83. The van der Waals surface area contributed by atoms with Crippen LogP contribution in [0.3, 0.4) is 0 Å². The molecule has 2 N–H and O–H groups in total. The molecule has 3 amide bonds. The fraction of sp³-hybridized carbons (Fsp3) is 0.471. The quantitative estimate of drug-likeness (QED) is 0.659. The summed E-state index contributed by atoms with van der Waals surface area (Å²) >= 11 is 0.982. The molecule has 1 saturated carbocycles. The number of ether oxygens (including phenoxy) is 1. The fourth-order valence-electron chi connectivity index (χ4n) is 2.98. The summed E-state index contributed by atoms with van der Waals surface area (Å²) in [5.74, 6) is -1.01. The van der Waals surface area contributed by atoms with Gasteiger partial charge in [0.05, 0.1) is 11.4 Å². The van der Waals surface area contributed by atoms with E-state index in [0.717, 1.165) is 56.0 Å². The molecule has 0 unspecified atom stereocenters. The number of amides is 3. The van der Waals surface area contributed by atoms with Crippen LogP contribution in [0.25, 0.3) is 5.69 Å². The maximum absolute atomic E-state index is 12.2. The molecular formula is C17H19F3N6O3S. The molecule has 1 aliphatic carbocycles. The number of aromatic nitrogens is 4. The van der Waals surface area contributed by atoms with Crippen molar-refractivity contribution in [3.8, 4) is 11.4 Å². The number of hydrogen-bond acceptors (Lipinski definition) is 7. The second kappa shape index (κ2) is 9.78. The number of nitrogens with one attached hydrogen (secondary N) is 2. The number of halogens is 3. The van der Waals surface area contributed by atoms with Gasteiger partial charge in [-0.1, -0.05) is 31.0 Å². The topological polar surface area (TPSA) is 111 Å². The molecule has 13 heteroatoms. The first-order valence-electron chi connectivity index (χ1n) is 9.18. The largest absolute Gasteiger partial charge is 0.573 e. The van der Waals surface area contributed by atoms with Crippen LogP contribution in [0.5, 0.6) is 5.75 Å². The molecule has 1 fully saturated rings. The summed E-state index contributed by atoms with van der Waals surface area (Å²) in [4.78, 5) is 23.9. The fourth-order valence-corrected chi connectivity index (χ4v) is 3.67. The summed E-state index contributed by atoms with van der Waals surface area (Å²) in [6.45, 7) is 0. The first kappa shape index (κ1) is 21.9. The smallest absolute Gasteiger partial charge is 0.406 e. The van der Waals surface area contributed by atoms with Gasteiger partial charge < -0.3 is 10.1 Å². The van der Waals surface area contributed by atoms with Crippen LogP contribution in [0.1, 0.15) is 32.1 Å². The monoisotopic (exact) mass is 444 g/mol. The molecule has 3 rings (SSSR count). The van der Waals surface area contributed by atoms with Crippen LogP contribution >= 0.6 is 11.8 Å². The molecular weight excluding hydrogens is 425 g/mol. The Morgan fingerprint density at radius 2 is 1.87 bits per heavy atom. The molecule has 0 bridgehead atoms. The third kappa shape index (κ3) is 6.61. The highest BCUT2D eigenvalue weighted by atomic mass is 32.2. The van der Waals surface area contributed by atoms with Crippen molar-refractivity contribution in [3.63, 3.8) is 0 Å². The van der Waals surface area contributed by atoms with Crippen molar-refractivity contribution in [1.29, 1.82) is 0 Å². The van der Waals surface area contributed by atoms with Gasteiger partial charge in [0.1, 0.15) is 5.75 Å². The van der Waals surface area contributed by atoms with Crippen LogP contribution in [0, 0.1) is 0 Å². The lowest BCUT2D eigenvalue weighted by atomic mass is 9.96. The molecule has 0 spiro atoms. The first-order chi connectivity index (χ1) is 14.3. The van der Waals surface area contributed by atoms with Crippen LogP contribution in [-0.2, 0) is 4.79 Å². The van der Waals surface area contributed by atoms with E-state index in [1.54, 1.807) is 0 Å². The van der Waals surface area contributed by atoms with E-state index in [9.17, 15) is 22.8 Å². The number of carbonyl (C=O) groups excluding carboxylic acids is 2. The van der Waals surface area contributed by atoms with E-state index in [1.807, 2.05) is 0 Å². The summed E-state index contributed by atoms with van der Waals surface area (Å²) in [5.41, 5.74) is 0.382. The molecule has 1 aliphatic rings. The van der Waals surface area contributed by atoms with Gasteiger partial charge in [0.2, 0.25) is 11.1 Å². The average molecular weight is 444 g/mol. The van der Waals surface area contributed by atoms with Gasteiger partial charge in [-0.05, 0) is 47.5 Å². The Labute approximate surface area is 173 Å².